The molecule has 0 bridgehead atoms. The Hall–Kier alpha value is -0.400. The standard InChI is InChI=1S/C9H10Cl2N2O3S/c10-8-3-7(4-12-9(8)11)17(15,16)13-2-1-6(14)5-13/h3-4,6,14H,1-2,5H2. The summed E-state index contributed by atoms with van der Waals surface area (Å²) in [5, 5.41) is 9.49. The predicted octanol–water partition coefficient (Wildman–Crippen LogP) is 1.14. The van der Waals surface area contributed by atoms with Gasteiger partial charge in [0.15, 0.2) is 0 Å². The number of hydrogen-bond acceptors (Lipinski definition) is 4. The van der Waals surface area contributed by atoms with Crippen LogP contribution in [0.1, 0.15) is 6.42 Å². The van der Waals surface area contributed by atoms with Crippen LogP contribution in [0, 0.1) is 0 Å². The van der Waals surface area contributed by atoms with Gasteiger partial charge in [0.25, 0.3) is 0 Å². The van der Waals surface area contributed by atoms with Crippen molar-refractivity contribution in [1.29, 1.82) is 0 Å². The molecule has 94 valence electrons. The van der Waals surface area contributed by atoms with E-state index < -0.39 is 16.1 Å². The van der Waals surface area contributed by atoms with Crippen molar-refractivity contribution in [3.05, 3.63) is 22.4 Å². The molecule has 1 atom stereocenters. The first-order chi connectivity index (χ1) is 7.91. The predicted molar refractivity (Wildman–Crippen MR) is 63.6 cm³/mol. The second-order valence-corrected chi connectivity index (χ2v) is 6.45. The minimum absolute atomic E-state index is 0.0130. The van der Waals surface area contributed by atoms with Gasteiger partial charge in [-0.2, -0.15) is 4.31 Å². The number of aliphatic hydroxyl groups is 1. The Kier molecular flexibility index (Phi) is 3.61. The third-order valence-electron chi connectivity index (χ3n) is 2.54. The first-order valence-corrected chi connectivity index (χ1v) is 7.10. The lowest BCUT2D eigenvalue weighted by Crippen LogP contribution is -2.29. The van der Waals surface area contributed by atoms with Crippen LogP contribution in [0.3, 0.4) is 0 Å². The summed E-state index contributed by atoms with van der Waals surface area (Å²) >= 11 is 11.4. The highest BCUT2D eigenvalue weighted by Gasteiger charge is 2.32. The summed E-state index contributed by atoms with van der Waals surface area (Å²) in [6.45, 7) is 0.395. The molecule has 17 heavy (non-hydrogen) atoms. The second-order valence-electron chi connectivity index (χ2n) is 3.75. The molecule has 2 heterocycles. The topological polar surface area (TPSA) is 70.5 Å². The largest absolute Gasteiger partial charge is 0.392 e. The first-order valence-electron chi connectivity index (χ1n) is 4.90. The quantitative estimate of drug-likeness (QED) is 0.831. The minimum atomic E-state index is -3.64. The summed E-state index contributed by atoms with van der Waals surface area (Å²) in [5.41, 5.74) is 0. The van der Waals surface area contributed by atoms with Crippen LogP contribution >= 0.6 is 23.2 Å². The number of aromatic nitrogens is 1. The Morgan fingerprint density at radius 1 is 1.47 bits per heavy atom. The summed E-state index contributed by atoms with van der Waals surface area (Å²) < 4.78 is 25.4. The molecule has 5 nitrogen and oxygen atoms in total. The summed E-state index contributed by atoms with van der Waals surface area (Å²) in [6, 6.07) is 1.26. The van der Waals surface area contributed by atoms with Gasteiger partial charge < -0.3 is 5.11 Å². The van der Waals surface area contributed by atoms with Gasteiger partial charge in [-0.15, -0.1) is 0 Å². The smallest absolute Gasteiger partial charge is 0.244 e. The van der Waals surface area contributed by atoms with E-state index in [0.717, 1.165) is 6.20 Å². The van der Waals surface area contributed by atoms with Gasteiger partial charge in [0.1, 0.15) is 10.0 Å². The van der Waals surface area contributed by atoms with Crippen molar-refractivity contribution >= 4 is 33.2 Å². The minimum Gasteiger partial charge on any atom is -0.392 e. The highest BCUT2D eigenvalue weighted by Crippen LogP contribution is 2.26. The summed E-state index contributed by atoms with van der Waals surface area (Å²) in [4.78, 5) is 3.69. The Morgan fingerprint density at radius 3 is 2.71 bits per heavy atom. The molecular formula is C9H10Cl2N2O3S. The van der Waals surface area contributed by atoms with E-state index in [1.165, 1.54) is 10.4 Å². The van der Waals surface area contributed by atoms with Crippen LogP contribution in [0.15, 0.2) is 17.2 Å². The lowest BCUT2D eigenvalue weighted by Gasteiger charge is -2.15. The van der Waals surface area contributed by atoms with E-state index in [9.17, 15) is 13.5 Å². The zero-order valence-corrected chi connectivity index (χ0v) is 11.0. The number of nitrogens with zero attached hydrogens (tertiary/aromatic N) is 2. The molecule has 1 fully saturated rings. The van der Waals surface area contributed by atoms with Crippen LogP contribution in [-0.2, 0) is 10.0 Å². The maximum Gasteiger partial charge on any atom is 0.244 e. The molecule has 0 aliphatic carbocycles. The Labute approximate surface area is 109 Å². The Morgan fingerprint density at radius 2 is 2.18 bits per heavy atom. The van der Waals surface area contributed by atoms with E-state index in [4.69, 9.17) is 23.2 Å². The van der Waals surface area contributed by atoms with Gasteiger partial charge in [0.05, 0.1) is 11.1 Å². The third kappa shape index (κ3) is 2.56. The molecule has 1 aliphatic heterocycles. The molecule has 1 aromatic heterocycles. The molecule has 8 heteroatoms. The van der Waals surface area contributed by atoms with Gasteiger partial charge in [-0.05, 0) is 12.5 Å². The number of halogens is 2. The lowest BCUT2D eigenvalue weighted by atomic mass is 10.3. The molecule has 1 saturated heterocycles. The molecule has 0 saturated carbocycles. The highest BCUT2D eigenvalue weighted by atomic mass is 35.5. The summed E-state index contributed by atoms with van der Waals surface area (Å²) in [6.07, 6.45) is 0.989. The first kappa shape index (κ1) is 13.0. The second kappa shape index (κ2) is 4.70. The van der Waals surface area contributed by atoms with Crippen LogP contribution in [0.5, 0.6) is 0 Å². The Balaban J connectivity index is 2.35. The molecule has 2 rings (SSSR count). The summed E-state index contributed by atoms with van der Waals surface area (Å²) in [5.74, 6) is 0. The maximum absolute atomic E-state index is 12.1. The van der Waals surface area contributed by atoms with Crippen molar-refractivity contribution < 1.29 is 13.5 Å². The normalized spacial score (nSPS) is 21.9. The zero-order chi connectivity index (χ0) is 12.6. The SMILES string of the molecule is O=S(=O)(c1cnc(Cl)c(Cl)c1)N1CCC(O)C1. The van der Waals surface area contributed by atoms with E-state index in [2.05, 4.69) is 4.98 Å². The van der Waals surface area contributed by atoms with Crippen LogP contribution in [0.4, 0.5) is 0 Å². The fraction of sp³-hybridized carbons (Fsp3) is 0.444. The Bertz CT molecular complexity index is 535. The fourth-order valence-electron chi connectivity index (χ4n) is 1.62. The summed E-state index contributed by atoms with van der Waals surface area (Å²) in [7, 11) is -3.64. The van der Waals surface area contributed by atoms with Gasteiger partial charge in [0, 0.05) is 19.3 Å². The van der Waals surface area contributed by atoms with Crippen LogP contribution in [-0.4, -0.2) is 42.0 Å². The van der Waals surface area contributed by atoms with Crippen LogP contribution < -0.4 is 0 Å². The number of hydrogen-bond donors (Lipinski definition) is 1. The third-order valence-corrected chi connectivity index (χ3v) is 5.05. The van der Waals surface area contributed by atoms with E-state index in [-0.39, 0.29) is 21.6 Å². The van der Waals surface area contributed by atoms with Crippen LogP contribution in [0.2, 0.25) is 10.2 Å². The van der Waals surface area contributed by atoms with Gasteiger partial charge in [-0.25, -0.2) is 13.4 Å². The maximum atomic E-state index is 12.1. The van der Waals surface area contributed by atoms with Crippen molar-refractivity contribution in [1.82, 2.24) is 9.29 Å². The molecular weight excluding hydrogens is 287 g/mol. The van der Waals surface area contributed by atoms with E-state index >= 15 is 0 Å². The van der Waals surface area contributed by atoms with E-state index in [1.807, 2.05) is 0 Å². The average molecular weight is 297 g/mol. The molecule has 1 aliphatic rings. The molecule has 0 radical (unpaired) electrons. The van der Waals surface area contributed by atoms with Crippen molar-refractivity contribution in [2.45, 2.75) is 17.4 Å². The molecule has 0 aromatic carbocycles. The lowest BCUT2D eigenvalue weighted by molar-refractivity contribution is 0.189. The fourth-order valence-corrected chi connectivity index (χ4v) is 3.42. The van der Waals surface area contributed by atoms with Crippen molar-refractivity contribution in [3.8, 4) is 0 Å². The van der Waals surface area contributed by atoms with Gasteiger partial charge in [-0.3, -0.25) is 0 Å². The van der Waals surface area contributed by atoms with Gasteiger partial charge >= 0.3 is 0 Å². The molecule has 0 amide bonds. The number of pyridine rings is 1. The van der Waals surface area contributed by atoms with Gasteiger partial charge in [-0.1, -0.05) is 23.2 Å². The van der Waals surface area contributed by atoms with Crippen molar-refractivity contribution in [2.24, 2.45) is 0 Å². The monoisotopic (exact) mass is 296 g/mol. The molecule has 1 N–H and O–H groups in total. The van der Waals surface area contributed by atoms with E-state index in [0.29, 0.717) is 13.0 Å². The molecule has 1 unspecified atom stereocenters. The highest BCUT2D eigenvalue weighted by molar-refractivity contribution is 7.89. The number of sulfonamides is 1. The van der Waals surface area contributed by atoms with Gasteiger partial charge in [0.2, 0.25) is 10.0 Å². The van der Waals surface area contributed by atoms with Crippen LogP contribution in [0.25, 0.3) is 0 Å². The molecule has 1 aromatic rings. The molecule has 0 spiro atoms. The number of aliphatic hydroxyl groups excluding tert-OH is 1. The van der Waals surface area contributed by atoms with Crippen molar-refractivity contribution in [3.63, 3.8) is 0 Å². The average Bonchev–Trinajstić information content (AvgIpc) is 2.69. The van der Waals surface area contributed by atoms with E-state index in [1.54, 1.807) is 0 Å². The number of β-amino-alcohol motifs (C(OH)–C–C–N with tert-alkyl or cyclic N) is 1. The zero-order valence-electron chi connectivity index (χ0n) is 8.68. The van der Waals surface area contributed by atoms with Crippen molar-refractivity contribution in [2.75, 3.05) is 13.1 Å². The number of rotatable bonds is 2.